The molecular weight excluding hydrogens is 662 g/mol. The second-order valence-corrected chi connectivity index (χ2v) is 16.5. The van der Waals surface area contributed by atoms with Crippen LogP contribution in [-0.2, 0) is 40.7 Å². The van der Waals surface area contributed by atoms with Gasteiger partial charge in [0.15, 0.2) is 0 Å². The number of alkyl carbamates (subject to hydrolysis) is 1. The first-order chi connectivity index (χ1) is 23.6. The minimum absolute atomic E-state index is 0.0779. The monoisotopic (exact) mass is 711 g/mol. The minimum Gasteiger partial charge on any atom is -0.444 e. The molecule has 4 amide bonds. The molecule has 0 unspecified atom stereocenters. The number of allylic oxidation sites excluding steroid dienone is 1. The molecule has 0 radical (unpaired) electrons. The van der Waals surface area contributed by atoms with Gasteiger partial charge in [0.25, 0.3) is 5.91 Å². The number of fused-ring (bicyclic) bond motifs is 3. The first-order valence-electron chi connectivity index (χ1n) is 17.2. The third-order valence-electron chi connectivity index (χ3n) is 9.34. The molecular formula is C36H49N5O8S. The van der Waals surface area contributed by atoms with Crippen LogP contribution in [-0.4, -0.2) is 91.4 Å². The fraction of sp³-hybridized carbons (Fsp3) is 0.556. The van der Waals surface area contributed by atoms with Crippen LogP contribution in [0.15, 0.2) is 54.6 Å². The zero-order chi connectivity index (χ0) is 36.3. The van der Waals surface area contributed by atoms with Gasteiger partial charge in [-0.25, -0.2) is 9.52 Å². The summed E-state index contributed by atoms with van der Waals surface area (Å²) < 4.78 is 40.0. The first-order valence-corrected chi connectivity index (χ1v) is 18.6. The molecule has 0 spiro atoms. The van der Waals surface area contributed by atoms with Gasteiger partial charge in [0.1, 0.15) is 23.2 Å². The third-order valence-corrected chi connectivity index (χ3v) is 10.7. The third kappa shape index (κ3) is 9.01. The van der Waals surface area contributed by atoms with Gasteiger partial charge >= 0.3 is 16.3 Å². The van der Waals surface area contributed by atoms with E-state index in [1.54, 1.807) is 20.8 Å². The average Bonchev–Trinajstić information content (AvgIpc) is 3.56. The van der Waals surface area contributed by atoms with E-state index >= 15 is 0 Å². The normalized spacial score (nSPS) is 27.0. The van der Waals surface area contributed by atoms with Crippen molar-refractivity contribution in [2.45, 2.75) is 102 Å². The number of hydrogen-bond acceptors (Lipinski definition) is 8. The van der Waals surface area contributed by atoms with Gasteiger partial charge < -0.3 is 25.0 Å². The lowest BCUT2D eigenvalue weighted by atomic mass is 10.0. The van der Waals surface area contributed by atoms with E-state index in [4.69, 9.17) is 9.47 Å². The molecule has 1 saturated heterocycles. The Balaban J connectivity index is 1.42. The van der Waals surface area contributed by atoms with Gasteiger partial charge in [-0.15, -0.1) is 0 Å². The summed E-state index contributed by atoms with van der Waals surface area (Å²) in [5.41, 5.74) is -1.37. The number of benzene rings is 2. The zero-order valence-electron chi connectivity index (χ0n) is 29.4. The van der Waals surface area contributed by atoms with Crippen LogP contribution in [0.2, 0.25) is 0 Å². The molecule has 2 aromatic carbocycles. The smallest absolute Gasteiger partial charge is 0.408 e. The zero-order valence-corrected chi connectivity index (χ0v) is 30.3. The van der Waals surface area contributed by atoms with Crippen molar-refractivity contribution in [3.05, 3.63) is 60.2 Å². The fourth-order valence-electron chi connectivity index (χ4n) is 6.49. The van der Waals surface area contributed by atoms with Crippen LogP contribution in [0.5, 0.6) is 0 Å². The Hall–Kier alpha value is -4.01. The average molecular weight is 712 g/mol. The van der Waals surface area contributed by atoms with Crippen LogP contribution in [0.1, 0.15) is 71.3 Å². The molecule has 13 nitrogen and oxygen atoms in total. The van der Waals surface area contributed by atoms with Crippen molar-refractivity contribution < 1.29 is 37.1 Å². The molecule has 5 atom stereocenters. The van der Waals surface area contributed by atoms with Crippen molar-refractivity contribution in [3.63, 3.8) is 0 Å². The molecule has 1 aliphatic carbocycles. The van der Waals surface area contributed by atoms with E-state index in [1.807, 2.05) is 54.6 Å². The number of carbonyl (C=O) groups excluding carboxylic acids is 4. The van der Waals surface area contributed by atoms with Gasteiger partial charge in [-0.3, -0.25) is 14.4 Å². The summed E-state index contributed by atoms with van der Waals surface area (Å²) in [7, 11) is -1.53. The maximum Gasteiger partial charge on any atom is 0.408 e. The Morgan fingerprint density at radius 1 is 1.06 bits per heavy atom. The van der Waals surface area contributed by atoms with E-state index in [0.29, 0.717) is 19.3 Å². The van der Waals surface area contributed by atoms with Crippen molar-refractivity contribution >= 4 is 44.8 Å². The van der Waals surface area contributed by atoms with E-state index < -0.39 is 69.3 Å². The maximum atomic E-state index is 14.3. The van der Waals surface area contributed by atoms with Gasteiger partial charge in [-0.05, 0) is 68.9 Å². The van der Waals surface area contributed by atoms with Crippen LogP contribution in [0.25, 0.3) is 10.8 Å². The highest BCUT2D eigenvalue weighted by Gasteiger charge is 2.61. The van der Waals surface area contributed by atoms with Gasteiger partial charge in [0, 0.05) is 33.0 Å². The van der Waals surface area contributed by atoms with Crippen molar-refractivity contribution in [2.24, 2.45) is 5.92 Å². The van der Waals surface area contributed by atoms with Crippen molar-refractivity contribution in [1.82, 2.24) is 24.6 Å². The highest BCUT2D eigenvalue weighted by molar-refractivity contribution is 7.87. The van der Waals surface area contributed by atoms with Crippen LogP contribution in [0.4, 0.5) is 4.79 Å². The second kappa shape index (κ2) is 15.1. The van der Waals surface area contributed by atoms with Crippen LogP contribution < -0.4 is 15.4 Å². The molecule has 5 rings (SSSR count). The summed E-state index contributed by atoms with van der Waals surface area (Å²) in [6.45, 7) is 5.52. The quantitative estimate of drug-likeness (QED) is 0.368. The van der Waals surface area contributed by atoms with Gasteiger partial charge in [0.05, 0.1) is 12.7 Å². The Kier molecular flexibility index (Phi) is 11.2. The Labute approximate surface area is 294 Å². The molecule has 14 heteroatoms. The Bertz CT molecular complexity index is 1740. The molecule has 0 aromatic heterocycles. The lowest BCUT2D eigenvalue weighted by Gasteiger charge is -2.30. The number of rotatable bonds is 7. The second-order valence-electron chi connectivity index (χ2n) is 14.6. The largest absolute Gasteiger partial charge is 0.444 e. The molecule has 272 valence electrons. The molecule has 2 heterocycles. The molecule has 50 heavy (non-hydrogen) atoms. The SMILES string of the molecule is CN(C)S(=O)(=O)NC(=O)[C@@]12C[C@H]1/C=C\CCCCC[C@H](NC(=O)OC(C)(C)C)C(=O)N1C[C@H](OCc3ccc4ccccc4c3)C[C@H]1C(=O)N2. The molecule has 3 aliphatic rings. The van der Waals surface area contributed by atoms with Crippen molar-refractivity contribution in [3.8, 4) is 0 Å². The van der Waals surface area contributed by atoms with Gasteiger partial charge in [0.2, 0.25) is 11.8 Å². The van der Waals surface area contributed by atoms with Gasteiger partial charge in [-0.2, -0.15) is 12.7 Å². The molecule has 2 fully saturated rings. The van der Waals surface area contributed by atoms with Crippen molar-refractivity contribution in [2.75, 3.05) is 20.6 Å². The van der Waals surface area contributed by atoms with E-state index in [2.05, 4.69) is 15.4 Å². The molecule has 3 N–H and O–H groups in total. The number of amides is 4. The van der Waals surface area contributed by atoms with E-state index in [9.17, 15) is 27.6 Å². The topological polar surface area (TPSA) is 163 Å². The predicted molar refractivity (Wildman–Crippen MR) is 188 cm³/mol. The summed E-state index contributed by atoms with van der Waals surface area (Å²) in [5.74, 6) is -2.33. The Morgan fingerprint density at radius 3 is 2.52 bits per heavy atom. The fourth-order valence-corrected chi connectivity index (χ4v) is 7.09. The van der Waals surface area contributed by atoms with Crippen molar-refractivity contribution in [1.29, 1.82) is 0 Å². The first kappa shape index (κ1) is 37.3. The summed E-state index contributed by atoms with van der Waals surface area (Å²) in [6.07, 6.45) is 6.12. The number of ether oxygens (including phenoxy) is 2. The summed E-state index contributed by atoms with van der Waals surface area (Å²) in [5, 5.41) is 7.74. The molecule has 2 aromatic rings. The van der Waals surface area contributed by atoms with E-state index in [1.165, 1.54) is 19.0 Å². The summed E-state index contributed by atoms with van der Waals surface area (Å²) in [4.78, 5) is 56.3. The molecule has 1 saturated carbocycles. The van der Waals surface area contributed by atoms with E-state index in [0.717, 1.165) is 33.5 Å². The Morgan fingerprint density at radius 2 is 1.80 bits per heavy atom. The lowest BCUT2D eigenvalue weighted by molar-refractivity contribution is -0.141. The van der Waals surface area contributed by atoms with Crippen LogP contribution >= 0.6 is 0 Å². The summed E-state index contributed by atoms with van der Waals surface area (Å²) in [6, 6.07) is 12.0. The van der Waals surface area contributed by atoms with Gasteiger partial charge in [-0.1, -0.05) is 61.4 Å². The number of nitrogens with one attached hydrogen (secondary N) is 3. The van der Waals surface area contributed by atoms with E-state index in [-0.39, 0.29) is 26.0 Å². The standard InChI is InChI=1S/C36H49N5O8S/c1-35(2,3)49-34(45)37-29-16-10-8-6-7-9-15-27-21-36(27,33(44)39-50(46,47)40(4)5)38-31(42)30-20-28(22-41(30)32(29)43)48-23-24-17-18-25-13-11-12-14-26(25)19-24/h9,11-15,17-19,27-30H,6-8,10,16,20-23H2,1-5H3,(H,37,45)(H,38,42)(H,39,44)/b15-9-/t27-,28-,29+,30+,36-/m1/s1. The maximum absolute atomic E-state index is 14.3. The number of carbonyl (C=O) groups is 4. The number of nitrogens with zero attached hydrogens (tertiary/aromatic N) is 2. The highest BCUT2D eigenvalue weighted by Crippen LogP contribution is 2.45. The molecule has 0 bridgehead atoms. The van der Waals surface area contributed by atoms with Crippen LogP contribution in [0.3, 0.4) is 0 Å². The highest BCUT2D eigenvalue weighted by atomic mass is 32.2. The van der Waals surface area contributed by atoms with Crippen LogP contribution in [0, 0.1) is 5.92 Å². The lowest BCUT2D eigenvalue weighted by Crippen LogP contribution is -2.58. The minimum atomic E-state index is -4.13. The summed E-state index contributed by atoms with van der Waals surface area (Å²) >= 11 is 0. The number of hydrogen-bond donors (Lipinski definition) is 3. The predicted octanol–water partition coefficient (Wildman–Crippen LogP) is 3.54. The molecule has 2 aliphatic heterocycles.